The van der Waals surface area contributed by atoms with Crippen LogP contribution >= 0.6 is 22.9 Å². The van der Waals surface area contributed by atoms with E-state index >= 15 is 0 Å². The zero-order valence-electron chi connectivity index (χ0n) is 18.1. The zero-order valence-corrected chi connectivity index (χ0v) is 19.6. The van der Waals surface area contributed by atoms with E-state index in [1.807, 2.05) is 0 Å². The van der Waals surface area contributed by atoms with Crippen molar-refractivity contribution in [2.24, 2.45) is 0 Å². The molecule has 0 bridgehead atoms. The maximum atomic E-state index is 13.2. The number of rotatable bonds is 6. The first kappa shape index (κ1) is 22.6. The summed E-state index contributed by atoms with van der Waals surface area (Å²) < 4.78 is 1.50. The minimum atomic E-state index is -0.998. The highest BCUT2D eigenvalue weighted by molar-refractivity contribution is 7.09. The predicted octanol–water partition coefficient (Wildman–Crippen LogP) is 4.54. The second-order valence-corrected chi connectivity index (χ2v) is 8.95. The summed E-state index contributed by atoms with van der Waals surface area (Å²) in [7, 11) is 0. The normalized spacial score (nSPS) is 11.8. The molecule has 2 aromatic carbocycles. The molecule has 0 saturated heterocycles. The first-order valence-electron chi connectivity index (χ1n) is 10.6. The largest absolute Gasteiger partial charge is 0.360 e. The third-order valence-corrected chi connectivity index (χ3v) is 6.52. The highest BCUT2D eigenvalue weighted by atomic mass is 35.5. The number of carbonyl (C=O) groups is 2. The zero-order chi connectivity index (χ0) is 24.4. The third kappa shape index (κ3) is 4.72. The van der Waals surface area contributed by atoms with E-state index in [0.717, 1.165) is 10.9 Å². The van der Waals surface area contributed by atoms with E-state index in [1.165, 1.54) is 22.0 Å². The van der Waals surface area contributed by atoms with Crippen LogP contribution in [0.5, 0.6) is 0 Å². The van der Waals surface area contributed by atoms with Crippen molar-refractivity contribution in [3.63, 3.8) is 0 Å². The molecule has 0 aliphatic rings. The van der Waals surface area contributed by atoms with Crippen molar-refractivity contribution in [2.45, 2.75) is 6.04 Å². The smallest absolute Gasteiger partial charge is 0.255 e. The van der Waals surface area contributed by atoms with E-state index in [9.17, 15) is 14.4 Å². The number of carbonyl (C=O) groups excluding carboxylic acids is 2. The molecule has 5 rings (SSSR count). The Labute approximate surface area is 208 Å². The molecular formula is C25H18ClN5O3S. The number of pyridine rings is 1. The highest BCUT2D eigenvalue weighted by Gasteiger charge is 2.26. The van der Waals surface area contributed by atoms with E-state index in [2.05, 4.69) is 20.6 Å². The average Bonchev–Trinajstić information content (AvgIpc) is 3.53. The second-order valence-electron chi connectivity index (χ2n) is 7.62. The summed E-state index contributed by atoms with van der Waals surface area (Å²) in [6.07, 6.45) is 4.90. The number of fused-ring (bicyclic) bond motifs is 1. The van der Waals surface area contributed by atoms with Gasteiger partial charge in [0.2, 0.25) is 0 Å². The van der Waals surface area contributed by atoms with Gasteiger partial charge in [0.15, 0.2) is 6.04 Å². The molecule has 8 nitrogen and oxygen atoms in total. The first-order chi connectivity index (χ1) is 17.0. The number of H-pyrrole nitrogens is 1. The van der Waals surface area contributed by atoms with Gasteiger partial charge >= 0.3 is 0 Å². The van der Waals surface area contributed by atoms with E-state index in [4.69, 9.17) is 11.6 Å². The average molecular weight is 504 g/mol. The quantitative estimate of drug-likeness (QED) is 0.316. The maximum absolute atomic E-state index is 13.2. The summed E-state index contributed by atoms with van der Waals surface area (Å²) in [5.41, 5.74) is 2.12. The van der Waals surface area contributed by atoms with Gasteiger partial charge in [0.1, 0.15) is 5.01 Å². The van der Waals surface area contributed by atoms with Gasteiger partial charge < -0.3 is 15.6 Å². The Morgan fingerprint density at radius 3 is 2.66 bits per heavy atom. The van der Waals surface area contributed by atoms with Crippen molar-refractivity contribution in [3.05, 3.63) is 111 Å². The molecule has 0 saturated carbocycles. The molecule has 0 radical (unpaired) electrons. The summed E-state index contributed by atoms with van der Waals surface area (Å²) in [6, 6.07) is 15.8. The number of benzene rings is 2. The van der Waals surface area contributed by atoms with Crippen molar-refractivity contribution >= 4 is 51.3 Å². The number of amides is 2. The van der Waals surface area contributed by atoms with E-state index < -0.39 is 17.9 Å². The molecule has 174 valence electrons. The van der Waals surface area contributed by atoms with Gasteiger partial charge in [-0.05, 0) is 42.5 Å². The number of thiazole rings is 1. The van der Waals surface area contributed by atoms with Crippen molar-refractivity contribution in [3.8, 4) is 5.69 Å². The van der Waals surface area contributed by atoms with Crippen LogP contribution in [0.2, 0.25) is 5.02 Å². The molecular weight excluding hydrogens is 486 g/mol. The molecule has 35 heavy (non-hydrogen) atoms. The molecule has 2 amide bonds. The van der Waals surface area contributed by atoms with Gasteiger partial charge in [-0.2, -0.15) is 0 Å². The molecule has 0 aliphatic heterocycles. The second kappa shape index (κ2) is 9.57. The Balaban J connectivity index is 1.35. The molecule has 1 atom stereocenters. The van der Waals surface area contributed by atoms with Gasteiger partial charge in [0.25, 0.3) is 17.4 Å². The Hall–Kier alpha value is -4.21. The fourth-order valence-electron chi connectivity index (χ4n) is 3.62. The Morgan fingerprint density at radius 2 is 1.91 bits per heavy atom. The molecule has 1 unspecified atom stereocenters. The fraction of sp³-hybridized carbons (Fsp3) is 0.0400. The van der Waals surface area contributed by atoms with Gasteiger partial charge in [0, 0.05) is 57.9 Å². The van der Waals surface area contributed by atoms with Crippen LogP contribution in [-0.2, 0) is 4.79 Å². The minimum Gasteiger partial charge on any atom is -0.360 e. The van der Waals surface area contributed by atoms with Crippen LogP contribution in [0, 0.1) is 0 Å². The SMILES string of the molecule is O=C(NC(C(=O)Nc1ccc(-n2ccccc2=O)cc1)c1nccs1)c1ccc2c(Cl)c[nH]c2c1. The summed E-state index contributed by atoms with van der Waals surface area (Å²) >= 11 is 7.38. The lowest BCUT2D eigenvalue weighted by Crippen LogP contribution is -2.37. The Kier molecular flexibility index (Phi) is 6.17. The molecule has 0 aliphatic carbocycles. The number of halogens is 1. The summed E-state index contributed by atoms with van der Waals surface area (Å²) in [5.74, 6) is -0.867. The van der Waals surface area contributed by atoms with Crippen molar-refractivity contribution in [2.75, 3.05) is 5.32 Å². The lowest BCUT2D eigenvalue weighted by molar-refractivity contribution is -0.118. The highest BCUT2D eigenvalue weighted by Crippen LogP contribution is 2.25. The molecule has 3 heterocycles. The minimum absolute atomic E-state index is 0.157. The summed E-state index contributed by atoms with van der Waals surface area (Å²) in [6.45, 7) is 0. The van der Waals surface area contributed by atoms with Crippen LogP contribution < -0.4 is 16.2 Å². The molecule has 3 aromatic heterocycles. The fourth-order valence-corrected chi connectivity index (χ4v) is 4.53. The number of anilines is 1. The number of aromatic amines is 1. The molecule has 10 heteroatoms. The van der Waals surface area contributed by atoms with Crippen LogP contribution in [0.4, 0.5) is 5.69 Å². The number of nitrogens with zero attached hydrogens (tertiary/aromatic N) is 2. The number of nitrogens with one attached hydrogen (secondary N) is 3. The maximum Gasteiger partial charge on any atom is 0.255 e. The third-order valence-electron chi connectivity index (χ3n) is 5.36. The summed E-state index contributed by atoms with van der Waals surface area (Å²) in [5, 5.41) is 9.15. The van der Waals surface area contributed by atoms with Gasteiger partial charge in [-0.3, -0.25) is 19.0 Å². The van der Waals surface area contributed by atoms with Crippen LogP contribution in [0.15, 0.2) is 89.4 Å². The van der Waals surface area contributed by atoms with Crippen LogP contribution in [-0.4, -0.2) is 26.3 Å². The Bertz CT molecular complexity index is 1580. The van der Waals surface area contributed by atoms with Crippen LogP contribution in [0.1, 0.15) is 21.4 Å². The molecule has 3 N–H and O–H groups in total. The van der Waals surface area contributed by atoms with Crippen molar-refractivity contribution < 1.29 is 9.59 Å². The van der Waals surface area contributed by atoms with E-state index in [1.54, 1.807) is 78.6 Å². The standard InChI is InChI=1S/C25H18ClN5O3S/c26-19-14-28-20-13-15(4-9-18(19)20)23(33)30-22(25-27-10-12-35-25)24(34)29-16-5-7-17(8-6-16)31-11-2-1-3-21(31)32/h1-14,22,28H,(H,29,34)(H,30,33). The Morgan fingerprint density at radius 1 is 1.09 bits per heavy atom. The first-order valence-corrected chi connectivity index (χ1v) is 11.8. The number of aromatic nitrogens is 3. The lowest BCUT2D eigenvalue weighted by Gasteiger charge is -2.17. The number of hydrogen-bond acceptors (Lipinski definition) is 5. The molecule has 0 spiro atoms. The van der Waals surface area contributed by atoms with Gasteiger partial charge in [-0.15, -0.1) is 11.3 Å². The molecule has 0 fully saturated rings. The van der Waals surface area contributed by atoms with Crippen molar-refractivity contribution in [1.29, 1.82) is 0 Å². The lowest BCUT2D eigenvalue weighted by atomic mass is 10.1. The topological polar surface area (TPSA) is 109 Å². The number of hydrogen-bond donors (Lipinski definition) is 3. The van der Waals surface area contributed by atoms with Crippen LogP contribution in [0.25, 0.3) is 16.6 Å². The van der Waals surface area contributed by atoms with Gasteiger partial charge in [0.05, 0.1) is 5.02 Å². The summed E-state index contributed by atoms with van der Waals surface area (Å²) in [4.78, 5) is 45.4. The van der Waals surface area contributed by atoms with Crippen molar-refractivity contribution in [1.82, 2.24) is 19.9 Å². The predicted molar refractivity (Wildman–Crippen MR) is 136 cm³/mol. The van der Waals surface area contributed by atoms with E-state index in [0.29, 0.717) is 27.0 Å². The van der Waals surface area contributed by atoms with Crippen LogP contribution in [0.3, 0.4) is 0 Å². The van der Waals surface area contributed by atoms with Gasteiger partial charge in [-0.25, -0.2) is 4.98 Å². The van der Waals surface area contributed by atoms with E-state index in [-0.39, 0.29) is 5.56 Å². The van der Waals surface area contributed by atoms with Gasteiger partial charge in [-0.1, -0.05) is 23.7 Å². The monoisotopic (exact) mass is 503 g/mol. The molecule has 5 aromatic rings.